The summed E-state index contributed by atoms with van der Waals surface area (Å²) in [5.41, 5.74) is 1.59. The molecule has 1 aromatic carbocycles. The number of hydrogen-bond acceptors (Lipinski definition) is 2. The van der Waals surface area contributed by atoms with Crippen LogP contribution >= 0.6 is 11.6 Å². The van der Waals surface area contributed by atoms with Crippen molar-refractivity contribution in [2.75, 3.05) is 6.54 Å². The molecule has 0 aliphatic carbocycles. The van der Waals surface area contributed by atoms with Gasteiger partial charge in [0.05, 0.1) is 6.20 Å². The van der Waals surface area contributed by atoms with E-state index in [1.807, 2.05) is 19.4 Å². The van der Waals surface area contributed by atoms with Gasteiger partial charge in [-0.3, -0.25) is 4.68 Å². The molecule has 0 aliphatic rings. The molecule has 1 N–H and O–H groups in total. The van der Waals surface area contributed by atoms with Crippen molar-refractivity contribution in [3.05, 3.63) is 52.6 Å². The molecule has 0 spiro atoms. The average molecular weight is 296 g/mol. The third kappa shape index (κ3) is 3.58. The Morgan fingerprint density at radius 3 is 2.85 bits per heavy atom. The van der Waals surface area contributed by atoms with Crippen LogP contribution in [0.3, 0.4) is 0 Å². The third-order valence-electron chi connectivity index (χ3n) is 3.24. The molecular weight excluding hydrogens is 277 g/mol. The van der Waals surface area contributed by atoms with Crippen LogP contribution in [0.2, 0.25) is 5.02 Å². The first kappa shape index (κ1) is 15.0. The molecule has 108 valence electrons. The van der Waals surface area contributed by atoms with Crippen LogP contribution in [0, 0.1) is 5.82 Å². The third-order valence-corrected chi connectivity index (χ3v) is 3.59. The first-order chi connectivity index (χ1) is 9.61. The summed E-state index contributed by atoms with van der Waals surface area (Å²) in [6.45, 7) is 2.97. The van der Waals surface area contributed by atoms with Gasteiger partial charge in [-0.05, 0) is 31.5 Å². The fraction of sp³-hybridized carbons (Fsp3) is 0.400. The number of aromatic nitrogens is 2. The van der Waals surface area contributed by atoms with E-state index >= 15 is 0 Å². The minimum absolute atomic E-state index is 0.0121. The number of benzene rings is 1. The molecule has 0 saturated heterocycles. The highest BCUT2D eigenvalue weighted by molar-refractivity contribution is 6.31. The number of rotatable bonds is 6. The summed E-state index contributed by atoms with van der Waals surface area (Å²) >= 11 is 6.11. The van der Waals surface area contributed by atoms with E-state index in [1.165, 1.54) is 6.07 Å². The molecule has 2 rings (SSSR count). The van der Waals surface area contributed by atoms with Crippen molar-refractivity contribution in [3.8, 4) is 0 Å². The molecule has 0 bridgehead atoms. The van der Waals surface area contributed by atoms with Crippen molar-refractivity contribution in [1.29, 1.82) is 0 Å². The predicted molar refractivity (Wildman–Crippen MR) is 79.4 cm³/mol. The van der Waals surface area contributed by atoms with Gasteiger partial charge in [0.15, 0.2) is 0 Å². The number of nitrogens with zero attached hydrogens (tertiary/aromatic N) is 2. The molecule has 2 aromatic rings. The molecule has 5 heteroatoms. The summed E-state index contributed by atoms with van der Waals surface area (Å²) in [5.74, 6) is -0.260. The lowest BCUT2D eigenvalue weighted by molar-refractivity contribution is 0.513. The SMILES string of the molecule is CCCNC(Cc1c(F)cccc1Cl)c1cnn(C)c1. The van der Waals surface area contributed by atoms with E-state index in [4.69, 9.17) is 11.6 Å². The predicted octanol–water partition coefficient (Wildman–Crippen LogP) is 3.50. The van der Waals surface area contributed by atoms with Gasteiger partial charge in [0, 0.05) is 35.4 Å². The van der Waals surface area contributed by atoms with Crippen molar-refractivity contribution < 1.29 is 4.39 Å². The highest BCUT2D eigenvalue weighted by Gasteiger charge is 2.17. The average Bonchev–Trinajstić information content (AvgIpc) is 2.84. The molecule has 0 saturated carbocycles. The van der Waals surface area contributed by atoms with Gasteiger partial charge < -0.3 is 5.32 Å². The standard InChI is InChI=1S/C15H19ClFN3/c1-3-7-18-15(11-9-19-20(2)10-11)8-12-13(16)5-4-6-14(12)17/h4-6,9-10,15,18H,3,7-8H2,1-2H3. The highest BCUT2D eigenvalue weighted by Crippen LogP contribution is 2.25. The van der Waals surface area contributed by atoms with E-state index in [-0.39, 0.29) is 11.9 Å². The Labute approximate surface area is 123 Å². The molecule has 1 heterocycles. The van der Waals surface area contributed by atoms with Gasteiger partial charge in [-0.1, -0.05) is 24.6 Å². The van der Waals surface area contributed by atoms with Crippen molar-refractivity contribution in [2.45, 2.75) is 25.8 Å². The van der Waals surface area contributed by atoms with Crippen LogP contribution in [-0.2, 0) is 13.5 Å². The van der Waals surface area contributed by atoms with Gasteiger partial charge in [0.1, 0.15) is 5.82 Å². The summed E-state index contributed by atoms with van der Waals surface area (Å²) in [7, 11) is 1.87. The zero-order valence-electron chi connectivity index (χ0n) is 11.7. The van der Waals surface area contributed by atoms with Crippen LogP contribution in [0.4, 0.5) is 4.39 Å². The molecule has 0 amide bonds. The van der Waals surface area contributed by atoms with Gasteiger partial charge in [-0.2, -0.15) is 5.10 Å². The zero-order chi connectivity index (χ0) is 14.5. The second kappa shape index (κ2) is 6.86. The Balaban J connectivity index is 2.23. The second-order valence-electron chi connectivity index (χ2n) is 4.86. The Kier molecular flexibility index (Phi) is 5.15. The van der Waals surface area contributed by atoms with Crippen LogP contribution in [0.1, 0.15) is 30.5 Å². The van der Waals surface area contributed by atoms with Gasteiger partial charge in [-0.15, -0.1) is 0 Å². The summed E-state index contributed by atoms with van der Waals surface area (Å²) in [4.78, 5) is 0. The lowest BCUT2D eigenvalue weighted by Crippen LogP contribution is -2.24. The summed E-state index contributed by atoms with van der Waals surface area (Å²) in [6, 6.07) is 4.80. The van der Waals surface area contributed by atoms with Crippen molar-refractivity contribution >= 4 is 11.6 Å². The fourth-order valence-electron chi connectivity index (χ4n) is 2.18. The lowest BCUT2D eigenvalue weighted by atomic mass is 10.0. The molecule has 0 aliphatic heterocycles. The van der Waals surface area contributed by atoms with Gasteiger partial charge in [-0.25, -0.2) is 4.39 Å². The van der Waals surface area contributed by atoms with E-state index < -0.39 is 0 Å². The zero-order valence-corrected chi connectivity index (χ0v) is 12.5. The summed E-state index contributed by atoms with van der Waals surface area (Å²) in [6.07, 6.45) is 5.28. The molecule has 0 fully saturated rings. The van der Waals surface area contributed by atoms with Gasteiger partial charge in [0.2, 0.25) is 0 Å². The molecule has 1 unspecified atom stereocenters. The molecule has 1 aromatic heterocycles. The van der Waals surface area contributed by atoms with E-state index in [1.54, 1.807) is 16.8 Å². The lowest BCUT2D eigenvalue weighted by Gasteiger charge is -2.18. The molecule has 0 radical (unpaired) electrons. The Morgan fingerprint density at radius 2 is 2.25 bits per heavy atom. The van der Waals surface area contributed by atoms with E-state index in [0.29, 0.717) is 17.0 Å². The van der Waals surface area contributed by atoms with Crippen LogP contribution in [0.25, 0.3) is 0 Å². The maximum absolute atomic E-state index is 13.9. The van der Waals surface area contributed by atoms with Gasteiger partial charge in [0.25, 0.3) is 0 Å². The number of nitrogens with one attached hydrogen (secondary N) is 1. The maximum Gasteiger partial charge on any atom is 0.127 e. The molecule has 20 heavy (non-hydrogen) atoms. The van der Waals surface area contributed by atoms with E-state index in [9.17, 15) is 4.39 Å². The van der Waals surface area contributed by atoms with Gasteiger partial charge >= 0.3 is 0 Å². The minimum Gasteiger partial charge on any atom is -0.310 e. The van der Waals surface area contributed by atoms with Crippen LogP contribution in [0.15, 0.2) is 30.6 Å². The van der Waals surface area contributed by atoms with E-state index in [0.717, 1.165) is 18.5 Å². The Hall–Kier alpha value is -1.39. The summed E-state index contributed by atoms with van der Waals surface area (Å²) < 4.78 is 15.7. The smallest absolute Gasteiger partial charge is 0.127 e. The van der Waals surface area contributed by atoms with E-state index in [2.05, 4.69) is 17.3 Å². The Bertz CT molecular complexity index is 548. The van der Waals surface area contributed by atoms with Crippen molar-refractivity contribution in [2.24, 2.45) is 7.05 Å². The normalized spacial score (nSPS) is 12.6. The quantitative estimate of drug-likeness (QED) is 0.884. The highest BCUT2D eigenvalue weighted by atomic mass is 35.5. The fourth-order valence-corrected chi connectivity index (χ4v) is 2.42. The summed E-state index contributed by atoms with van der Waals surface area (Å²) in [5, 5.41) is 8.07. The van der Waals surface area contributed by atoms with Crippen LogP contribution in [0.5, 0.6) is 0 Å². The Morgan fingerprint density at radius 1 is 1.45 bits per heavy atom. The van der Waals surface area contributed by atoms with Crippen LogP contribution in [-0.4, -0.2) is 16.3 Å². The monoisotopic (exact) mass is 295 g/mol. The number of aryl methyl sites for hydroxylation is 1. The topological polar surface area (TPSA) is 29.9 Å². The largest absolute Gasteiger partial charge is 0.310 e. The minimum atomic E-state index is -0.260. The number of hydrogen-bond donors (Lipinski definition) is 1. The number of halogens is 2. The first-order valence-electron chi connectivity index (χ1n) is 6.76. The molecular formula is C15H19ClFN3. The molecule has 3 nitrogen and oxygen atoms in total. The maximum atomic E-state index is 13.9. The van der Waals surface area contributed by atoms with Crippen LogP contribution < -0.4 is 5.32 Å². The molecule has 1 atom stereocenters. The van der Waals surface area contributed by atoms with Crippen molar-refractivity contribution in [1.82, 2.24) is 15.1 Å². The van der Waals surface area contributed by atoms with Crippen molar-refractivity contribution in [3.63, 3.8) is 0 Å². The second-order valence-corrected chi connectivity index (χ2v) is 5.27. The first-order valence-corrected chi connectivity index (χ1v) is 7.14.